The fraction of sp³-hybridized carbons (Fsp3) is 0.895. The molecule has 0 amide bonds. The molecule has 1 nitrogen and oxygen atoms in total. The third-order valence-electron chi connectivity index (χ3n) is 5.06. The summed E-state index contributed by atoms with van der Waals surface area (Å²) in [6.45, 7) is 2.28. The number of allylic oxidation sites excluding steroid dienone is 1. The first-order chi connectivity index (χ1) is 9.90. The van der Waals surface area contributed by atoms with E-state index < -0.39 is 0 Å². The van der Waals surface area contributed by atoms with E-state index in [0.717, 1.165) is 12.3 Å². The minimum absolute atomic E-state index is 0.531. The van der Waals surface area contributed by atoms with E-state index in [0.29, 0.717) is 12.2 Å². The molecule has 3 atom stereocenters. The Labute approximate surface area is 126 Å². The predicted octanol–water partition coefficient (Wildman–Crippen LogP) is 6.03. The van der Waals surface area contributed by atoms with Gasteiger partial charge >= 0.3 is 0 Å². The van der Waals surface area contributed by atoms with Crippen molar-refractivity contribution in [2.75, 3.05) is 0 Å². The maximum absolute atomic E-state index is 6.19. The Bertz CT molecular complexity index is 257. The Morgan fingerprint density at radius 2 is 1.75 bits per heavy atom. The van der Waals surface area contributed by atoms with E-state index in [1.54, 1.807) is 0 Å². The van der Waals surface area contributed by atoms with Crippen molar-refractivity contribution >= 4 is 0 Å². The second-order valence-electron chi connectivity index (χ2n) is 6.84. The normalized spacial score (nSPS) is 29.9. The number of hydrogen-bond donors (Lipinski definition) is 0. The number of fused-ring (bicyclic) bond motifs is 1. The first-order valence-electron chi connectivity index (χ1n) is 9.20. The predicted molar refractivity (Wildman–Crippen MR) is 87.0 cm³/mol. The fourth-order valence-electron chi connectivity index (χ4n) is 3.82. The molecule has 0 aromatic rings. The van der Waals surface area contributed by atoms with Gasteiger partial charge < -0.3 is 4.74 Å². The first-order valence-corrected chi connectivity index (χ1v) is 9.20. The molecule has 2 rings (SSSR count). The van der Waals surface area contributed by atoms with Gasteiger partial charge in [-0.25, -0.2) is 0 Å². The smallest absolute Gasteiger partial charge is 0.0617 e. The van der Waals surface area contributed by atoms with Crippen molar-refractivity contribution in [1.82, 2.24) is 0 Å². The van der Waals surface area contributed by atoms with Crippen LogP contribution in [0.3, 0.4) is 0 Å². The zero-order valence-electron chi connectivity index (χ0n) is 13.5. The molecule has 2 fully saturated rings. The van der Waals surface area contributed by atoms with Crippen LogP contribution in [0.2, 0.25) is 0 Å². The molecule has 0 bridgehead atoms. The van der Waals surface area contributed by atoms with Crippen LogP contribution in [-0.4, -0.2) is 12.2 Å². The highest BCUT2D eigenvalue weighted by molar-refractivity contribution is 4.91. The summed E-state index contributed by atoms with van der Waals surface area (Å²) in [6.07, 6.45) is 23.6. The molecule has 1 heteroatoms. The largest absolute Gasteiger partial charge is 0.374 e. The minimum atomic E-state index is 0.531. The van der Waals surface area contributed by atoms with E-state index in [4.69, 9.17) is 4.74 Å². The molecule has 1 aliphatic heterocycles. The second kappa shape index (κ2) is 9.60. The maximum atomic E-state index is 6.19. The van der Waals surface area contributed by atoms with Gasteiger partial charge in [-0.15, -0.1) is 0 Å². The van der Waals surface area contributed by atoms with Crippen molar-refractivity contribution in [1.29, 1.82) is 0 Å². The van der Waals surface area contributed by atoms with E-state index in [1.807, 2.05) is 0 Å². The SMILES string of the molecule is CCCCCCCC/C=C/C[C@H]1C[C@H]2CCCC[C@@H]2O1. The first kappa shape index (κ1) is 16.1. The number of rotatable bonds is 9. The fourth-order valence-corrected chi connectivity index (χ4v) is 3.82. The van der Waals surface area contributed by atoms with E-state index in [2.05, 4.69) is 19.1 Å². The molecule has 0 aromatic heterocycles. The Morgan fingerprint density at radius 3 is 2.60 bits per heavy atom. The van der Waals surface area contributed by atoms with Crippen molar-refractivity contribution in [2.24, 2.45) is 5.92 Å². The zero-order chi connectivity index (χ0) is 14.0. The highest BCUT2D eigenvalue weighted by atomic mass is 16.5. The summed E-state index contributed by atoms with van der Waals surface area (Å²) < 4.78 is 6.19. The summed E-state index contributed by atoms with van der Waals surface area (Å²) in [7, 11) is 0. The van der Waals surface area contributed by atoms with E-state index in [-0.39, 0.29) is 0 Å². The van der Waals surface area contributed by atoms with E-state index in [1.165, 1.54) is 77.0 Å². The molecular formula is C19H34O. The topological polar surface area (TPSA) is 9.23 Å². The van der Waals surface area contributed by atoms with Gasteiger partial charge in [0.1, 0.15) is 0 Å². The van der Waals surface area contributed by atoms with Crippen LogP contribution in [0, 0.1) is 5.92 Å². The average molecular weight is 278 g/mol. The highest BCUT2D eigenvalue weighted by Gasteiger charge is 2.35. The lowest BCUT2D eigenvalue weighted by Gasteiger charge is -2.23. The van der Waals surface area contributed by atoms with Gasteiger partial charge in [-0.1, -0.05) is 64.0 Å². The van der Waals surface area contributed by atoms with Gasteiger partial charge in [0, 0.05) is 0 Å². The maximum Gasteiger partial charge on any atom is 0.0617 e. The van der Waals surface area contributed by atoms with Gasteiger partial charge in [-0.2, -0.15) is 0 Å². The third-order valence-corrected chi connectivity index (χ3v) is 5.06. The summed E-state index contributed by atoms with van der Waals surface area (Å²) in [5, 5.41) is 0. The van der Waals surface area contributed by atoms with Crippen molar-refractivity contribution in [3.8, 4) is 0 Å². The van der Waals surface area contributed by atoms with Crippen LogP contribution in [0.4, 0.5) is 0 Å². The molecule has 2 aliphatic rings. The standard InChI is InChI=1S/C19H34O/c1-2-3-4-5-6-7-8-9-10-14-18-16-17-13-11-12-15-19(17)20-18/h9-10,17-19H,2-8,11-16H2,1H3/b10-9+/t17-,18+,19+/m1/s1. The number of ether oxygens (including phenoxy) is 1. The molecule has 0 N–H and O–H groups in total. The van der Waals surface area contributed by atoms with Gasteiger partial charge in [0.25, 0.3) is 0 Å². The Hall–Kier alpha value is -0.300. The third kappa shape index (κ3) is 5.60. The van der Waals surface area contributed by atoms with Crippen molar-refractivity contribution < 1.29 is 4.74 Å². The molecular weight excluding hydrogens is 244 g/mol. The Balaban J connectivity index is 1.47. The Kier molecular flexibility index (Phi) is 7.72. The van der Waals surface area contributed by atoms with E-state index >= 15 is 0 Å². The highest BCUT2D eigenvalue weighted by Crippen LogP contribution is 2.38. The quantitative estimate of drug-likeness (QED) is 0.369. The van der Waals surface area contributed by atoms with Gasteiger partial charge in [0.15, 0.2) is 0 Å². The molecule has 1 saturated carbocycles. The van der Waals surface area contributed by atoms with Crippen LogP contribution in [-0.2, 0) is 4.74 Å². The minimum Gasteiger partial charge on any atom is -0.374 e. The van der Waals surface area contributed by atoms with Crippen molar-refractivity contribution in [3.63, 3.8) is 0 Å². The summed E-state index contributed by atoms with van der Waals surface area (Å²) in [5.41, 5.74) is 0. The number of hydrogen-bond acceptors (Lipinski definition) is 1. The summed E-state index contributed by atoms with van der Waals surface area (Å²) in [6, 6.07) is 0. The lowest BCUT2D eigenvalue weighted by atomic mass is 9.85. The molecule has 0 radical (unpaired) electrons. The zero-order valence-corrected chi connectivity index (χ0v) is 13.5. The molecule has 20 heavy (non-hydrogen) atoms. The van der Waals surface area contributed by atoms with Crippen LogP contribution in [0.5, 0.6) is 0 Å². The van der Waals surface area contributed by atoms with Gasteiger partial charge in [0.05, 0.1) is 12.2 Å². The molecule has 0 spiro atoms. The summed E-state index contributed by atoms with van der Waals surface area (Å²) >= 11 is 0. The van der Waals surface area contributed by atoms with Crippen molar-refractivity contribution in [3.05, 3.63) is 12.2 Å². The molecule has 1 saturated heterocycles. The molecule has 116 valence electrons. The monoisotopic (exact) mass is 278 g/mol. The van der Waals surface area contributed by atoms with Crippen molar-refractivity contribution in [2.45, 2.75) is 103 Å². The Morgan fingerprint density at radius 1 is 0.950 bits per heavy atom. The second-order valence-corrected chi connectivity index (χ2v) is 6.84. The summed E-state index contributed by atoms with van der Waals surface area (Å²) in [5.74, 6) is 0.890. The van der Waals surface area contributed by atoms with Crippen LogP contribution in [0.25, 0.3) is 0 Å². The van der Waals surface area contributed by atoms with Gasteiger partial charge in [0.2, 0.25) is 0 Å². The van der Waals surface area contributed by atoms with Crippen LogP contribution >= 0.6 is 0 Å². The van der Waals surface area contributed by atoms with Gasteiger partial charge in [-0.05, 0) is 44.4 Å². The lowest BCUT2D eigenvalue weighted by molar-refractivity contribution is 0.0206. The lowest BCUT2D eigenvalue weighted by Crippen LogP contribution is -2.20. The molecule has 0 unspecified atom stereocenters. The van der Waals surface area contributed by atoms with Crippen LogP contribution in [0.15, 0.2) is 12.2 Å². The van der Waals surface area contributed by atoms with Crippen LogP contribution < -0.4 is 0 Å². The molecule has 0 aromatic carbocycles. The number of unbranched alkanes of at least 4 members (excludes halogenated alkanes) is 6. The van der Waals surface area contributed by atoms with E-state index in [9.17, 15) is 0 Å². The molecule has 1 aliphatic carbocycles. The van der Waals surface area contributed by atoms with Crippen LogP contribution in [0.1, 0.15) is 90.4 Å². The molecule has 1 heterocycles. The summed E-state index contributed by atoms with van der Waals surface area (Å²) in [4.78, 5) is 0. The average Bonchev–Trinajstić information content (AvgIpc) is 2.88. The van der Waals surface area contributed by atoms with Gasteiger partial charge in [-0.3, -0.25) is 0 Å².